The van der Waals surface area contributed by atoms with Crippen molar-refractivity contribution in [1.82, 2.24) is 0 Å². The highest BCUT2D eigenvalue weighted by Gasteiger charge is 2.54. The molecule has 3 rings (SSSR count). The molecular formula is C11H16O3. The van der Waals surface area contributed by atoms with Crippen LogP contribution in [0.3, 0.4) is 0 Å². The topological polar surface area (TPSA) is 54.4 Å². The van der Waals surface area contributed by atoms with Crippen molar-refractivity contribution in [2.45, 2.75) is 33.1 Å². The van der Waals surface area contributed by atoms with Crippen molar-refractivity contribution in [3.8, 4) is 0 Å². The van der Waals surface area contributed by atoms with Gasteiger partial charge < -0.3 is 5.11 Å². The van der Waals surface area contributed by atoms with Crippen molar-refractivity contribution in [3.05, 3.63) is 0 Å². The third kappa shape index (κ3) is 1.11. The maximum Gasteiger partial charge on any atom is 0.306 e. The third-order valence-corrected chi connectivity index (χ3v) is 4.18. The lowest BCUT2D eigenvalue weighted by Crippen LogP contribution is -2.52. The standard InChI is InChI=1S/C11H16O3/c1-6-7-3-4-11(2,9(6)12)5-8(7)10(13)14/h6-8H,3-5H2,1-2H3,(H,13,14)/t6-,7+,8+,11+/m0/s1. The molecule has 0 aromatic rings. The van der Waals surface area contributed by atoms with Gasteiger partial charge in [0.05, 0.1) is 5.92 Å². The quantitative estimate of drug-likeness (QED) is 0.694. The van der Waals surface area contributed by atoms with E-state index in [1.165, 1.54) is 0 Å². The molecule has 2 bridgehead atoms. The van der Waals surface area contributed by atoms with E-state index in [1.807, 2.05) is 13.8 Å². The molecule has 3 heteroatoms. The van der Waals surface area contributed by atoms with Crippen LogP contribution in [0.25, 0.3) is 0 Å². The van der Waals surface area contributed by atoms with Gasteiger partial charge in [-0.15, -0.1) is 0 Å². The van der Waals surface area contributed by atoms with Crippen molar-refractivity contribution in [2.75, 3.05) is 0 Å². The van der Waals surface area contributed by atoms with E-state index in [0.717, 1.165) is 12.8 Å². The number of rotatable bonds is 1. The summed E-state index contributed by atoms with van der Waals surface area (Å²) in [4.78, 5) is 22.9. The van der Waals surface area contributed by atoms with E-state index in [9.17, 15) is 9.59 Å². The number of carbonyl (C=O) groups is 2. The first-order chi connectivity index (χ1) is 6.46. The summed E-state index contributed by atoms with van der Waals surface area (Å²) in [5, 5.41) is 9.07. The minimum absolute atomic E-state index is 0.0522. The Kier molecular flexibility index (Phi) is 1.95. The fraction of sp³-hybridized carbons (Fsp3) is 0.818. The highest BCUT2D eigenvalue weighted by molar-refractivity contribution is 5.90. The molecule has 0 amide bonds. The number of fused-ring (bicyclic) bond motifs is 3. The normalized spacial score (nSPS) is 46.7. The molecule has 0 unspecified atom stereocenters. The van der Waals surface area contributed by atoms with Crippen LogP contribution in [-0.4, -0.2) is 16.9 Å². The molecule has 0 aromatic carbocycles. The first kappa shape index (κ1) is 9.69. The van der Waals surface area contributed by atoms with E-state index in [1.54, 1.807) is 0 Å². The summed E-state index contributed by atoms with van der Waals surface area (Å²) in [5.41, 5.74) is -0.350. The third-order valence-electron chi connectivity index (χ3n) is 4.18. The molecule has 4 atom stereocenters. The number of Topliss-reactive ketones (excluding diaryl/α,β-unsaturated/α-hetero) is 1. The molecule has 3 saturated carbocycles. The van der Waals surface area contributed by atoms with Crippen LogP contribution < -0.4 is 0 Å². The van der Waals surface area contributed by atoms with Crippen LogP contribution in [0.1, 0.15) is 33.1 Å². The number of carboxylic acids is 1. The minimum Gasteiger partial charge on any atom is -0.481 e. The van der Waals surface area contributed by atoms with Gasteiger partial charge in [0.1, 0.15) is 5.78 Å². The lowest BCUT2D eigenvalue weighted by molar-refractivity contribution is -0.160. The molecule has 3 aliphatic rings. The van der Waals surface area contributed by atoms with Crippen molar-refractivity contribution < 1.29 is 14.7 Å². The van der Waals surface area contributed by atoms with E-state index in [2.05, 4.69) is 0 Å². The average molecular weight is 196 g/mol. The Bertz CT molecular complexity index is 297. The fourth-order valence-corrected chi connectivity index (χ4v) is 3.26. The number of carbonyl (C=O) groups excluding carboxylic acids is 1. The van der Waals surface area contributed by atoms with Crippen molar-refractivity contribution >= 4 is 11.8 Å². The average Bonchev–Trinajstić information content (AvgIpc) is 2.13. The smallest absolute Gasteiger partial charge is 0.306 e. The summed E-state index contributed by atoms with van der Waals surface area (Å²) in [6.45, 7) is 3.82. The number of aliphatic carboxylic acids is 1. The van der Waals surface area contributed by atoms with Gasteiger partial charge in [-0.1, -0.05) is 13.8 Å². The molecule has 0 heterocycles. The Hall–Kier alpha value is -0.860. The van der Waals surface area contributed by atoms with Gasteiger partial charge in [0, 0.05) is 11.3 Å². The van der Waals surface area contributed by atoms with Crippen LogP contribution >= 0.6 is 0 Å². The molecule has 0 aliphatic heterocycles. The zero-order valence-corrected chi connectivity index (χ0v) is 8.62. The van der Waals surface area contributed by atoms with Crippen LogP contribution in [0.4, 0.5) is 0 Å². The summed E-state index contributed by atoms with van der Waals surface area (Å²) in [7, 11) is 0. The fourth-order valence-electron chi connectivity index (χ4n) is 3.26. The van der Waals surface area contributed by atoms with Crippen LogP contribution in [0.2, 0.25) is 0 Å². The Morgan fingerprint density at radius 1 is 1.57 bits per heavy atom. The summed E-state index contributed by atoms with van der Waals surface area (Å²) in [6.07, 6.45) is 2.33. The Morgan fingerprint density at radius 3 is 2.71 bits per heavy atom. The van der Waals surface area contributed by atoms with E-state index in [-0.39, 0.29) is 29.0 Å². The predicted octanol–water partition coefficient (Wildman–Crippen LogP) is 1.71. The SMILES string of the molecule is C[C@@H]1C(=O)[C@]2(C)CC[C@H]1[C@H](C(=O)O)C2. The first-order valence-corrected chi connectivity index (χ1v) is 5.23. The minimum atomic E-state index is -0.722. The van der Waals surface area contributed by atoms with Gasteiger partial charge in [-0.2, -0.15) is 0 Å². The highest BCUT2D eigenvalue weighted by atomic mass is 16.4. The Labute approximate surface area is 83.5 Å². The molecule has 1 N–H and O–H groups in total. The first-order valence-electron chi connectivity index (χ1n) is 5.23. The molecule has 14 heavy (non-hydrogen) atoms. The number of ketones is 1. The van der Waals surface area contributed by atoms with Crippen LogP contribution in [0.15, 0.2) is 0 Å². The van der Waals surface area contributed by atoms with Crippen LogP contribution in [0.5, 0.6) is 0 Å². The largest absolute Gasteiger partial charge is 0.481 e. The van der Waals surface area contributed by atoms with Gasteiger partial charge in [0.25, 0.3) is 0 Å². The Balaban J connectivity index is 2.33. The molecule has 3 fully saturated rings. The Morgan fingerprint density at radius 2 is 2.21 bits per heavy atom. The summed E-state index contributed by atoms with van der Waals surface area (Å²) in [5.74, 6) is -0.696. The second-order valence-corrected chi connectivity index (χ2v) is 5.06. The van der Waals surface area contributed by atoms with E-state index in [0.29, 0.717) is 6.42 Å². The van der Waals surface area contributed by atoms with Gasteiger partial charge in [0.15, 0.2) is 0 Å². The number of hydrogen-bond acceptors (Lipinski definition) is 2. The molecule has 0 saturated heterocycles. The molecular weight excluding hydrogens is 180 g/mol. The maximum atomic E-state index is 11.9. The number of carboxylic acid groups (broad SMARTS) is 1. The lowest BCUT2D eigenvalue weighted by Gasteiger charge is -2.49. The van der Waals surface area contributed by atoms with Gasteiger partial charge in [-0.05, 0) is 25.2 Å². The van der Waals surface area contributed by atoms with Gasteiger partial charge in [-0.25, -0.2) is 0 Å². The van der Waals surface area contributed by atoms with E-state index < -0.39 is 5.97 Å². The van der Waals surface area contributed by atoms with E-state index >= 15 is 0 Å². The maximum absolute atomic E-state index is 11.9. The second kappa shape index (κ2) is 2.81. The molecule has 3 aliphatic carbocycles. The van der Waals surface area contributed by atoms with Crippen molar-refractivity contribution in [1.29, 1.82) is 0 Å². The van der Waals surface area contributed by atoms with Gasteiger partial charge in [0.2, 0.25) is 0 Å². The zero-order chi connectivity index (χ0) is 10.5. The zero-order valence-electron chi connectivity index (χ0n) is 8.62. The van der Waals surface area contributed by atoms with Gasteiger partial charge >= 0.3 is 5.97 Å². The molecule has 78 valence electrons. The van der Waals surface area contributed by atoms with E-state index in [4.69, 9.17) is 5.11 Å². The van der Waals surface area contributed by atoms with Crippen molar-refractivity contribution in [3.63, 3.8) is 0 Å². The summed E-state index contributed by atoms with van der Waals surface area (Å²) < 4.78 is 0. The molecule has 0 spiro atoms. The highest BCUT2D eigenvalue weighted by Crippen LogP contribution is 2.53. The lowest BCUT2D eigenvalue weighted by atomic mass is 9.53. The summed E-state index contributed by atoms with van der Waals surface area (Å²) >= 11 is 0. The summed E-state index contributed by atoms with van der Waals surface area (Å²) in [6, 6.07) is 0. The molecule has 0 aromatic heterocycles. The predicted molar refractivity (Wildman–Crippen MR) is 50.7 cm³/mol. The molecule has 0 radical (unpaired) electrons. The van der Waals surface area contributed by atoms with Crippen LogP contribution in [-0.2, 0) is 9.59 Å². The molecule has 3 nitrogen and oxygen atoms in total. The number of hydrogen-bond donors (Lipinski definition) is 1. The second-order valence-electron chi connectivity index (χ2n) is 5.06. The van der Waals surface area contributed by atoms with Crippen LogP contribution in [0, 0.1) is 23.2 Å². The monoisotopic (exact) mass is 196 g/mol. The van der Waals surface area contributed by atoms with Crippen molar-refractivity contribution in [2.24, 2.45) is 23.2 Å². The van der Waals surface area contributed by atoms with Gasteiger partial charge in [-0.3, -0.25) is 9.59 Å².